The van der Waals surface area contributed by atoms with Gasteiger partial charge in [-0.1, -0.05) is 0 Å². The summed E-state index contributed by atoms with van der Waals surface area (Å²) in [5.74, 6) is -2.36. The minimum Gasteiger partial charge on any atom is -0.490 e. The minimum atomic E-state index is -1.37. The van der Waals surface area contributed by atoms with Crippen molar-refractivity contribution in [2.45, 2.75) is 20.1 Å². The fourth-order valence-corrected chi connectivity index (χ4v) is 1.59. The molecule has 0 bridgehead atoms. The number of hydrogen-bond donors (Lipinski definition) is 1. The first-order valence-electron chi connectivity index (χ1n) is 5.58. The standard InChI is InChI=1S/C11H12N2O8/c1-6(14)21-5-7-3-8(20-2)10(13(18)19)11(17)12(7)4-9(15)16/h3H,4-5H2,1-2H3,(H,15,16). The summed E-state index contributed by atoms with van der Waals surface area (Å²) in [6.07, 6.45) is 0. The van der Waals surface area contributed by atoms with Crippen molar-refractivity contribution in [1.29, 1.82) is 0 Å². The van der Waals surface area contributed by atoms with Crippen LogP contribution in [0, 0.1) is 10.1 Å². The Balaban J connectivity index is 3.50. The molecule has 0 unspecified atom stereocenters. The van der Waals surface area contributed by atoms with Gasteiger partial charge >= 0.3 is 23.2 Å². The number of nitro groups is 1. The molecular weight excluding hydrogens is 288 g/mol. The molecule has 0 aliphatic rings. The Kier molecular flexibility index (Phi) is 5.00. The molecule has 1 rings (SSSR count). The molecule has 1 aromatic heterocycles. The van der Waals surface area contributed by atoms with Gasteiger partial charge < -0.3 is 14.6 Å². The number of hydrogen-bond acceptors (Lipinski definition) is 7. The van der Waals surface area contributed by atoms with Crippen molar-refractivity contribution < 1.29 is 29.1 Å². The molecule has 0 aromatic carbocycles. The number of carbonyl (C=O) groups excluding carboxylic acids is 1. The molecule has 0 amide bonds. The average molecular weight is 300 g/mol. The SMILES string of the molecule is COc1cc(COC(C)=O)n(CC(=O)O)c(=O)c1[N+](=O)[O-]. The highest BCUT2D eigenvalue weighted by atomic mass is 16.6. The monoisotopic (exact) mass is 300 g/mol. The first-order valence-corrected chi connectivity index (χ1v) is 5.58. The highest BCUT2D eigenvalue weighted by Crippen LogP contribution is 2.24. The number of carboxylic acids is 1. The predicted molar refractivity (Wildman–Crippen MR) is 67.0 cm³/mol. The van der Waals surface area contributed by atoms with Gasteiger partial charge in [-0.3, -0.25) is 29.1 Å². The molecule has 0 atom stereocenters. The van der Waals surface area contributed by atoms with Crippen molar-refractivity contribution in [3.05, 3.63) is 32.2 Å². The molecule has 114 valence electrons. The molecule has 1 aromatic rings. The van der Waals surface area contributed by atoms with Crippen molar-refractivity contribution in [1.82, 2.24) is 4.57 Å². The molecular formula is C11H12N2O8. The van der Waals surface area contributed by atoms with Gasteiger partial charge in [-0.25, -0.2) is 0 Å². The van der Waals surface area contributed by atoms with Crippen LogP contribution >= 0.6 is 0 Å². The van der Waals surface area contributed by atoms with Crippen LogP contribution in [-0.2, 0) is 27.5 Å². The molecule has 0 spiro atoms. The number of ether oxygens (including phenoxy) is 2. The summed E-state index contributed by atoms with van der Waals surface area (Å²) in [5, 5.41) is 19.7. The predicted octanol–water partition coefficient (Wildman–Crippen LogP) is -0.0872. The third kappa shape index (κ3) is 3.78. The van der Waals surface area contributed by atoms with Gasteiger partial charge in [0.15, 0.2) is 0 Å². The molecule has 21 heavy (non-hydrogen) atoms. The Morgan fingerprint density at radius 1 is 1.48 bits per heavy atom. The third-order valence-electron chi connectivity index (χ3n) is 2.44. The summed E-state index contributed by atoms with van der Waals surface area (Å²) in [6, 6.07) is 1.09. The fraction of sp³-hybridized carbons (Fsp3) is 0.364. The van der Waals surface area contributed by atoms with E-state index in [2.05, 4.69) is 4.74 Å². The smallest absolute Gasteiger partial charge is 0.375 e. The van der Waals surface area contributed by atoms with E-state index < -0.39 is 41.3 Å². The van der Waals surface area contributed by atoms with Crippen LogP contribution in [0.25, 0.3) is 0 Å². The van der Waals surface area contributed by atoms with Gasteiger partial charge in [0.1, 0.15) is 13.2 Å². The molecule has 10 heteroatoms. The fourth-order valence-electron chi connectivity index (χ4n) is 1.59. The number of rotatable bonds is 6. The number of esters is 1. The Hall–Kier alpha value is -2.91. The molecule has 0 radical (unpaired) electrons. The highest BCUT2D eigenvalue weighted by molar-refractivity contribution is 5.67. The van der Waals surface area contributed by atoms with E-state index in [9.17, 15) is 24.5 Å². The number of pyridine rings is 1. The van der Waals surface area contributed by atoms with Crippen LogP contribution in [0.3, 0.4) is 0 Å². The number of carboxylic acid groups (broad SMARTS) is 1. The van der Waals surface area contributed by atoms with Gasteiger partial charge in [-0.2, -0.15) is 0 Å². The molecule has 1 heterocycles. The van der Waals surface area contributed by atoms with Crippen molar-refractivity contribution in [3.8, 4) is 5.75 Å². The normalized spacial score (nSPS) is 10.0. The van der Waals surface area contributed by atoms with E-state index in [4.69, 9.17) is 9.84 Å². The second kappa shape index (κ2) is 6.50. The maximum absolute atomic E-state index is 12.0. The molecule has 10 nitrogen and oxygen atoms in total. The summed E-state index contributed by atoms with van der Waals surface area (Å²) in [6.45, 7) is -0.0886. The summed E-state index contributed by atoms with van der Waals surface area (Å²) in [4.78, 5) is 43.5. The average Bonchev–Trinajstić information content (AvgIpc) is 2.37. The number of nitrogens with zero attached hydrogens (tertiary/aromatic N) is 2. The van der Waals surface area contributed by atoms with Crippen LogP contribution in [0.5, 0.6) is 5.75 Å². The lowest BCUT2D eigenvalue weighted by Crippen LogP contribution is -2.29. The van der Waals surface area contributed by atoms with E-state index >= 15 is 0 Å². The second-order valence-corrected chi connectivity index (χ2v) is 3.88. The third-order valence-corrected chi connectivity index (χ3v) is 2.44. The first kappa shape index (κ1) is 16.1. The van der Waals surface area contributed by atoms with Crippen molar-refractivity contribution in [3.63, 3.8) is 0 Å². The van der Waals surface area contributed by atoms with Crippen LogP contribution in [0.4, 0.5) is 5.69 Å². The molecule has 0 aliphatic carbocycles. The Morgan fingerprint density at radius 3 is 2.52 bits per heavy atom. The molecule has 0 aliphatic heterocycles. The summed E-state index contributed by atoms with van der Waals surface area (Å²) < 4.78 is 10.1. The topological polar surface area (TPSA) is 138 Å². The zero-order valence-corrected chi connectivity index (χ0v) is 11.2. The largest absolute Gasteiger partial charge is 0.490 e. The van der Waals surface area contributed by atoms with E-state index in [1.54, 1.807) is 0 Å². The van der Waals surface area contributed by atoms with Crippen molar-refractivity contribution in [2.75, 3.05) is 7.11 Å². The minimum absolute atomic E-state index is 0.0277. The lowest BCUT2D eigenvalue weighted by Gasteiger charge is -2.12. The maximum Gasteiger partial charge on any atom is 0.375 e. The zero-order valence-electron chi connectivity index (χ0n) is 11.2. The molecule has 0 saturated carbocycles. The zero-order chi connectivity index (χ0) is 16.2. The second-order valence-electron chi connectivity index (χ2n) is 3.88. The van der Waals surface area contributed by atoms with E-state index in [1.807, 2.05) is 0 Å². The Morgan fingerprint density at radius 2 is 2.10 bits per heavy atom. The van der Waals surface area contributed by atoms with Crippen molar-refractivity contribution >= 4 is 17.6 Å². The Bertz CT molecular complexity index is 648. The van der Waals surface area contributed by atoms with Crippen molar-refractivity contribution in [2.24, 2.45) is 0 Å². The summed E-state index contributed by atoms with van der Waals surface area (Å²) >= 11 is 0. The number of methoxy groups -OCH3 is 1. The lowest BCUT2D eigenvalue weighted by molar-refractivity contribution is -0.387. The maximum atomic E-state index is 12.0. The number of aliphatic carboxylic acids is 1. The van der Waals surface area contributed by atoms with Crippen LogP contribution in [-0.4, -0.2) is 33.6 Å². The highest BCUT2D eigenvalue weighted by Gasteiger charge is 2.26. The van der Waals surface area contributed by atoms with Gasteiger partial charge in [0, 0.05) is 13.0 Å². The molecule has 1 N–H and O–H groups in total. The number of carbonyl (C=O) groups is 2. The summed E-state index contributed by atoms with van der Waals surface area (Å²) in [7, 11) is 1.12. The molecule has 0 saturated heterocycles. The van der Waals surface area contributed by atoms with E-state index in [-0.39, 0.29) is 11.4 Å². The van der Waals surface area contributed by atoms with E-state index in [1.165, 1.54) is 0 Å². The van der Waals surface area contributed by atoms with Crippen LogP contribution in [0.1, 0.15) is 12.6 Å². The molecule has 0 fully saturated rings. The van der Waals surface area contributed by atoms with Gasteiger partial charge in [-0.05, 0) is 0 Å². The van der Waals surface area contributed by atoms with E-state index in [0.29, 0.717) is 4.57 Å². The van der Waals surface area contributed by atoms with Gasteiger partial charge in [0.25, 0.3) is 0 Å². The lowest BCUT2D eigenvalue weighted by atomic mass is 10.3. The van der Waals surface area contributed by atoms with Gasteiger partial charge in [0.2, 0.25) is 5.75 Å². The van der Waals surface area contributed by atoms with Gasteiger partial charge in [0.05, 0.1) is 17.7 Å². The first-order chi connectivity index (χ1) is 9.77. The summed E-state index contributed by atoms with van der Waals surface area (Å²) in [5.41, 5.74) is -2.06. The number of aromatic nitrogens is 1. The van der Waals surface area contributed by atoms with Crippen LogP contribution < -0.4 is 10.3 Å². The van der Waals surface area contributed by atoms with Crippen LogP contribution in [0.2, 0.25) is 0 Å². The quantitative estimate of drug-likeness (QED) is 0.437. The van der Waals surface area contributed by atoms with Gasteiger partial charge in [-0.15, -0.1) is 0 Å². The van der Waals surface area contributed by atoms with E-state index in [0.717, 1.165) is 20.1 Å². The Labute approximate surface area is 117 Å². The van der Waals surface area contributed by atoms with Crippen LogP contribution in [0.15, 0.2) is 10.9 Å².